The van der Waals surface area contributed by atoms with Gasteiger partial charge < -0.3 is 10.6 Å². The molecule has 1 aromatic rings. The molecule has 20 heavy (non-hydrogen) atoms. The van der Waals surface area contributed by atoms with Crippen molar-refractivity contribution in [3.63, 3.8) is 0 Å². The van der Waals surface area contributed by atoms with Gasteiger partial charge in [0.1, 0.15) is 5.82 Å². The highest BCUT2D eigenvalue weighted by atomic mass is 32.2. The third-order valence-corrected chi connectivity index (χ3v) is 4.02. The van der Waals surface area contributed by atoms with Gasteiger partial charge in [-0.1, -0.05) is 6.92 Å². The monoisotopic (exact) mass is 296 g/mol. The SMILES string of the molecule is CCSCCNC(=O)C1CC(=O)Nc2ccc(F)cc21. The minimum Gasteiger partial charge on any atom is -0.355 e. The molecule has 0 fully saturated rings. The summed E-state index contributed by atoms with van der Waals surface area (Å²) in [5, 5.41) is 5.46. The van der Waals surface area contributed by atoms with Crippen LogP contribution >= 0.6 is 11.8 Å². The molecule has 2 N–H and O–H groups in total. The summed E-state index contributed by atoms with van der Waals surface area (Å²) in [6, 6.07) is 4.09. The minimum absolute atomic E-state index is 0.0587. The fourth-order valence-corrected chi connectivity index (χ4v) is 2.72. The van der Waals surface area contributed by atoms with Crippen LogP contribution in [0.5, 0.6) is 0 Å². The van der Waals surface area contributed by atoms with Crippen molar-refractivity contribution in [2.45, 2.75) is 19.3 Å². The number of thioether (sulfide) groups is 1. The first-order valence-corrected chi connectivity index (χ1v) is 7.72. The van der Waals surface area contributed by atoms with Crippen molar-refractivity contribution < 1.29 is 14.0 Å². The minimum atomic E-state index is -0.610. The molecule has 0 aliphatic carbocycles. The molecule has 0 aromatic heterocycles. The molecule has 1 atom stereocenters. The molecule has 6 heteroatoms. The highest BCUT2D eigenvalue weighted by Gasteiger charge is 2.30. The molecule has 108 valence electrons. The van der Waals surface area contributed by atoms with E-state index in [-0.39, 0.29) is 18.2 Å². The number of hydrogen-bond donors (Lipinski definition) is 2. The predicted molar refractivity (Wildman–Crippen MR) is 78.4 cm³/mol. The van der Waals surface area contributed by atoms with E-state index in [2.05, 4.69) is 17.6 Å². The molecule has 2 amide bonds. The Morgan fingerprint density at radius 2 is 2.35 bits per heavy atom. The van der Waals surface area contributed by atoms with Crippen LogP contribution in [0.2, 0.25) is 0 Å². The van der Waals surface area contributed by atoms with Crippen LogP contribution in [0.3, 0.4) is 0 Å². The zero-order chi connectivity index (χ0) is 14.5. The molecule has 0 saturated heterocycles. The Kier molecular flexibility index (Phi) is 5.00. The number of anilines is 1. The summed E-state index contributed by atoms with van der Waals surface area (Å²) in [6.07, 6.45) is 0.0587. The maximum atomic E-state index is 13.3. The van der Waals surface area contributed by atoms with E-state index in [0.717, 1.165) is 11.5 Å². The van der Waals surface area contributed by atoms with Gasteiger partial charge in [-0.25, -0.2) is 4.39 Å². The van der Waals surface area contributed by atoms with Crippen LogP contribution in [0, 0.1) is 5.82 Å². The van der Waals surface area contributed by atoms with E-state index in [9.17, 15) is 14.0 Å². The fraction of sp³-hybridized carbons (Fsp3) is 0.429. The van der Waals surface area contributed by atoms with Gasteiger partial charge >= 0.3 is 0 Å². The molecule has 1 aliphatic heterocycles. The molecule has 0 bridgehead atoms. The van der Waals surface area contributed by atoms with Gasteiger partial charge in [0.15, 0.2) is 0 Å². The molecule has 2 rings (SSSR count). The Morgan fingerprint density at radius 1 is 1.55 bits per heavy atom. The van der Waals surface area contributed by atoms with Crippen molar-refractivity contribution >= 4 is 29.3 Å². The molecule has 0 radical (unpaired) electrons. The van der Waals surface area contributed by atoms with E-state index in [1.165, 1.54) is 18.2 Å². The molecule has 1 aromatic carbocycles. The van der Waals surface area contributed by atoms with Gasteiger partial charge in [0, 0.05) is 24.4 Å². The Morgan fingerprint density at radius 3 is 3.10 bits per heavy atom. The van der Waals surface area contributed by atoms with E-state index in [4.69, 9.17) is 0 Å². The summed E-state index contributed by atoms with van der Waals surface area (Å²) in [4.78, 5) is 23.8. The summed E-state index contributed by atoms with van der Waals surface area (Å²) in [5.41, 5.74) is 1.07. The topological polar surface area (TPSA) is 58.2 Å². The Bertz CT molecular complexity index is 522. The number of rotatable bonds is 5. The Balaban J connectivity index is 2.10. The standard InChI is InChI=1S/C14H17FN2O2S/c1-2-20-6-5-16-14(19)11-8-13(18)17-12-4-3-9(15)7-10(11)12/h3-4,7,11H,2,5-6,8H2,1H3,(H,16,19)(H,17,18). The van der Waals surface area contributed by atoms with Crippen LogP contribution in [-0.2, 0) is 9.59 Å². The molecular weight excluding hydrogens is 279 g/mol. The largest absolute Gasteiger partial charge is 0.355 e. The lowest BCUT2D eigenvalue weighted by molar-refractivity contribution is -0.126. The van der Waals surface area contributed by atoms with Gasteiger partial charge in [0.25, 0.3) is 0 Å². The third kappa shape index (κ3) is 3.50. The first kappa shape index (κ1) is 14.8. The van der Waals surface area contributed by atoms with Gasteiger partial charge in [0.05, 0.1) is 5.92 Å². The number of benzene rings is 1. The summed E-state index contributed by atoms with van der Waals surface area (Å²) in [7, 11) is 0. The quantitative estimate of drug-likeness (QED) is 0.818. The highest BCUT2D eigenvalue weighted by Crippen LogP contribution is 2.32. The summed E-state index contributed by atoms with van der Waals surface area (Å²) in [5.74, 6) is 0.378. The normalized spacial score (nSPS) is 17.3. The van der Waals surface area contributed by atoms with Crippen LogP contribution in [0.15, 0.2) is 18.2 Å². The second kappa shape index (κ2) is 6.74. The number of halogens is 1. The van der Waals surface area contributed by atoms with Crippen molar-refractivity contribution in [3.8, 4) is 0 Å². The van der Waals surface area contributed by atoms with Crippen molar-refractivity contribution in [2.24, 2.45) is 0 Å². The number of carbonyl (C=O) groups excluding carboxylic acids is 2. The number of hydrogen-bond acceptors (Lipinski definition) is 3. The van der Waals surface area contributed by atoms with Crippen LogP contribution in [0.25, 0.3) is 0 Å². The van der Waals surface area contributed by atoms with E-state index in [1.54, 1.807) is 11.8 Å². The number of nitrogens with one attached hydrogen (secondary N) is 2. The van der Waals surface area contributed by atoms with Gasteiger partial charge in [-0.05, 0) is 29.5 Å². The molecule has 0 saturated carbocycles. The Hall–Kier alpha value is -1.56. The third-order valence-electron chi connectivity index (χ3n) is 3.12. The lowest BCUT2D eigenvalue weighted by Gasteiger charge is -2.24. The van der Waals surface area contributed by atoms with Gasteiger partial charge in [-0.15, -0.1) is 0 Å². The molecular formula is C14H17FN2O2S. The van der Waals surface area contributed by atoms with Crippen LogP contribution in [-0.4, -0.2) is 29.9 Å². The van der Waals surface area contributed by atoms with Crippen molar-refractivity contribution in [3.05, 3.63) is 29.6 Å². The average Bonchev–Trinajstić information content (AvgIpc) is 2.43. The summed E-state index contributed by atoms with van der Waals surface area (Å²) < 4.78 is 13.3. The molecule has 0 spiro atoms. The molecule has 1 heterocycles. The van der Waals surface area contributed by atoms with Crippen LogP contribution in [0.1, 0.15) is 24.8 Å². The average molecular weight is 296 g/mol. The maximum Gasteiger partial charge on any atom is 0.228 e. The second-order valence-electron chi connectivity index (χ2n) is 4.52. The highest BCUT2D eigenvalue weighted by molar-refractivity contribution is 7.99. The van der Waals surface area contributed by atoms with E-state index in [0.29, 0.717) is 17.8 Å². The number of fused-ring (bicyclic) bond motifs is 1. The van der Waals surface area contributed by atoms with Crippen molar-refractivity contribution in [1.29, 1.82) is 0 Å². The zero-order valence-corrected chi connectivity index (χ0v) is 12.1. The maximum absolute atomic E-state index is 13.3. The van der Waals surface area contributed by atoms with Crippen molar-refractivity contribution in [2.75, 3.05) is 23.4 Å². The lowest BCUT2D eigenvalue weighted by atomic mass is 9.89. The molecule has 1 aliphatic rings. The number of carbonyl (C=O) groups is 2. The van der Waals surface area contributed by atoms with Gasteiger partial charge in [0.2, 0.25) is 11.8 Å². The van der Waals surface area contributed by atoms with E-state index < -0.39 is 11.7 Å². The second-order valence-corrected chi connectivity index (χ2v) is 5.92. The van der Waals surface area contributed by atoms with Crippen LogP contribution < -0.4 is 10.6 Å². The van der Waals surface area contributed by atoms with Gasteiger partial charge in [-0.2, -0.15) is 11.8 Å². The fourth-order valence-electron chi connectivity index (χ4n) is 2.18. The summed E-state index contributed by atoms with van der Waals surface area (Å²) in [6.45, 7) is 2.61. The predicted octanol–water partition coefficient (Wildman–Crippen LogP) is 2.12. The van der Waals surface area contributed by atoms with E-state index in [1.807, 2.05) is 0 Å². The zero-order valence-electron chi connectivity index (χ0n) is 11.2. The number of amides is 2. The first-order valence-electron chi connectivity index (χ1n) is 6.56. The lowest BCUT2D eigenvalue weighted by Crippen LogP contribution is -2.36. The molecule has 1 unspecified atom stereocenters. The molecule has 4 nitrogen and oxygen atoms in total. The Labute approximate surface area is 121 Å². The van der Waals surface area contributed by atoms with Gasteiger partial charge in [-0.3, -0.25) is 9.59 Å². The smallest absolute Gasteiger partial charge is 0.228 e. The first-order chi connectivity index (χ1) is 9.61. The van der Waals surface area contributed by atoms with E-state index >= 15 is 0 Å². The summed E-state index contributed by atoms with van der Waals surface area (Å²) >= 11 is 1.73. The van der Waals surface area contributed by atoms with Crippen molar-refractivity contribution in [1.82, 2.24) is 5.32 Å². The van der Waals surface area contributed by atoms with Crippen LogP contribution in [0.4, 0.5) is 10.1 Å².